The molecule has 5 aromatic rings. The fraction of sp³-hybridized carbons (Fsp3) is 0.0385. The number of rotatable bonds is 5. The number of hydrogen-bond acceptors (Lipinski definition) is 6. The van der Waals surface area contributed by atoms with E-state index in [9.17, 15) is 4.79 Å². The van der Waals surface area contributed by atoms with Gasteiger partial charge in [0.15, 0.2) is 16.5 Å². The summed E-state index contributed by atoms with van der Waals surface area (Å²) in [6.45, 7) is 0. The zero-order valence-corrected chi connectivity index (χ0v) is 19.9. The quantitative estimate of drug-likeness (QED) is 0.263. The normalized spacial score (nSPS) is 10.8. The minimum atomic E-state index is -0.472. The summed E-state index contributed by atoms with van der Waals surface area (Å²) >= 11 is 11.3. The number of anilines is 1. The predicted molar refractivity (Wildman–Crippen MR) is 139 cm³/mol. The number of ether oxygens (including phenoxy) is 1. The van der Waals surface area contributed by atoms with Crippen molar-refractivity contribution in [1.82, 2.24) is 10.3 Å². The molecule has 0 aliphatic carbocycles. The highest BCUT2D eigenvalue weighted by Crippen LogP contribution is 2.28. The van der Waals surface area contributed by atoms with Gasteiger partial charge in [0.2, 0.25) is 5.89 Å². The SMILES string of the molecule is COc1ccc2oc(-c3cccc(NC(=S)NC(=O)c4ccc(-c5cccc(Cl)c5)o4)c3)nc2c1. The lowest BCUT2D eigenvalue weighted by atomic mass is 10.2. The van der Waals surface area contributed by atoms with Crippen LogP contribution in [0.4, 0.5) is 5.69 Å². The third-order valence-electron chi connectivity index (χ3n) is 5.13. The minimum absolute atomic E-state index is 0.121. The Morgan fingerprint density at radius 2 is 1.80 bits per heavy atom. The van der Waals surface area contributed by atoms with E-state index in [2.05, 4.69) is 15.6 Å². The van der Waals surface area contributed by atoms with E-state index in [0.29, 0.717) is 39.2 Å². The number of nitrogens with zero attached hydrogens (tertiary/aromatic N) is 1. The molecule has 0 radical (unpaired) electrons. The molecule has 5 rings (SSSR count). The molecule has 35 heavy (non-hydrogen) atoms. The van der Waals surface area contributed by atoms with Crippen LogP contribution in [0.5, 0.6) is 5.75 Å². The second-order valence-electron chi connectivity index (χ2n) is 7.52. The molecule has 7 nitrogen and oxygen atoms in total. The monoisotopic (exact) mass is 503 g/mol. The number of carbonyl (C=O) groups excluding carboxylic acids is 1. The number of oxazole rings is 1. The van der Waals surface area contributed by atoms with Crippen molar-refractivity contribution in [2.75, 3.05) is 12.4 Å². The Balaban J connectivity index is 1.27. The minimum Gasteiger partial charge on any atom is -0.497 e. The molecule has 0 unspecified atom stereocenters. The number of halogens is 1. The molecule has 0 atom stereocenters. The maximum atomic E-state index is 12.6. The van der Waals surface area contributed by atoms with E-state index in [1.165, 1.54) is 0 Å². The summed E-state index contributed by atoms with van der Waals surface area (Å²) in [5.74, 6) is 1.33. The molecule has 2 N–H and O–H groups in total. The summed E-state index contributed by atoms with van der Waals surface area (Å²) in [6.07, 6.45) is 0. The lowest BCUT2D eigenvalue weighted by Gasteiger charge is -2.09. The van der Waals surface area contributed by atoms with Gasteiger partial charge in [-0.25, -0.2) is 4.98 Å². The molecular formula is C26H18ClN3O4S. The van der Waals surface area contributed by atoms with Gasteiger partial charge < -0.3 is 18.9 Å². The van der Waals surface area contributed by atoms with E-state index in [4.69, 9.17) is 37.4 Å². The first-order valence-electron chi connectivity index (χ1n) is 10.5. The fourth-order valence-electron chi connectivity index (χ4n) is 3.47. The predicted octanol–water partition coefficient (Wildman–Crippen LogP) is 6.54. The number of aromatic nitrogens is 1. The molecule has 1 amide bonds. The Hall–Kier alpha value is -4.14. The van der Waals surface area contributed by atoms with Gasteiger partial charge >= 0.3 is 0 Å². The second kappa shape index (κ2) is 9.61. The largest absolute Gasteiger partial charge is 0.497 e. The van der Waals surface area contributed by atoms with Gasteiger partial charge in [0, 0.05) is 27.9 Å². The first-order valence-corrected chi connectivity index (χ1v) is 11.3. The smallest absolute Gasteiger partial charge is 0.293 e. The van der Waals surface area contributed by atoms with Gasteiger partial charge in [0.25, 0.3) is 5.91 Å². The Bertz CT molecular complexity index is 1560. The molecular weight excluding hydrogens is 486 g/mol. The number of amides is 1. The highest BCUT2D eigenvalue weighted by atomic mass is 35.5. The van der Waals surface area contributed by atoms with E-state index >= 15 is 0 Å². The van der Waals surface area contributed by atoms with Crippen molar-refractivity contribution < 1.29 is 18.4 Å². The van der Waals surface area contributed by atoms with E-state index < -0.39 is 5.91 Å². The van der Waals surface area contributed by atoms with Crippen molar-refractivity contribution in [3.8, 4) is 28.5 Å². The van der Waals surface area contributed by atoms with Crippen molar-refractivity contribution in [1.29, 1.82) is 0 Å². The summed E-state index contributed by atoms with van der Waals surface area (Å²) in [6, 6.07) is 23.2. The van der Waals surface area contributed by atoms with Crippen LogP contribution >= 0.6 is 23.8 Å². The third-order valence-corrected chi connectivity index (χ3v) is 5.57. The van der Waals surface area contributed by atoms with Gasteiger partial charge in [-0.1, -0.05) is 29.8 Å². The van der Waals surface area contributed by atoms with E-state index in [0.717, 1.165) is 11.1 Å². The van der Waals surface area contributed by atoms with E-state index in [1.807, 2.05) is 54.6 Å². The fourth-order valence-corrected chi connectivity index (χ4v) is 3.87. The number of benzene rings is 3. The molecule has 0 spiro atoms. The van der Waals surface area contributed by atoms with Crippen LogP contribution in [-0.2, 0) is 0 Å². The molecule has 0 bridgehead atoms. The summed E-state index contributed by atoms with van der Waals surface area (Å²) < 4.78 is 16.8. The third kappa shape index (κ3) is 5.03. The van der Waals surface area contributed by atoms with Crippen LogP contribution in [-0.4, -0.2) is 23.1 Å². The second-order valence-corrected chi connectivity index (χ2v) is 8.36. The molecule has 0 aliphatic rings. The molecule has 0 saturated carbocycles. The lowest BCUT2D eigenvalue weighted by Crippen LogP contribution is -2.33. The van der Waals surface area contributed by atoms with Crippen molar-refractivity contribution in [3.05, 3.63) is 89.6 Å². The molecule has 9 heteroatoms. The van der Waals surface area contributed by atoms with Crippen LogP contribution in [0.2, 0.25) is 5.02 Å². The maximum Gasteiger partial charge on any atom is 0.293 e. The van der Waals surface area contributed by atoms with Crippen LogP contribution in [0.25, 0.3) is 33.9 Å². The number of furan rings is 1. The molecule has 0 aliphatic heterocycles. The van der Waals surface area contributed by atoms with Crippen molar-refractivity contribution in [3.63, 3.8) is 0 Å². The number of thiocarbonyl (C=S) groups is 1. The summed E-state index contributed by atoms with van der Waals surface area (Å²) in [4.78, 5) is 17.1. The summed E-state index contributed by atoms with van der Waals surface area (Å²) in [5, 5.41) is 6.32. The Morgan fingerprint density at radius 3 is 2.63 bits per heavy atom. The Labute approximate surface area is 210 Å². The summed E-state index contributed by atoms with van der Waals surface area (Å²) in [5.41, 5.74) is 3.52. The van der Waals surface area contributed by atoms with Gasteiger partial charge in [0.05, 0.1) is 7.11 Å². The van der Waals surface area contributed by atoms with Gasteiger partial charge in [-0.3, -0.25) is 10.1 Å². The van der Waals surface area contributed by atoms with Gasteiger partial charge in [0.1, 0.15) is 17.0 Å². The number of nitrogens with one attached hydrogen (secondary N) is 2. The summed E-state index contributed by atoms with van der Waals surface area (Å²) in [7, 11) is 1.60. The number of methoxy groups -OCH3 is 1. The molecule has 2 heterocycles. The first kappa shape index (κ1) is 22.6. The van der Waals surface area contributed by atoms with Crippen LogP contribution < -0.4 is 15.4 Å². The number of hydrogen-bond donors (Lipinski definition) is 2. The number of fused-ring (bicyclic) bond motifs is 1. The zero-order valence-electron chi connectivity index (χ0n) is 18.4. The van der Waals surface area contributed by atoms with Crippen LogP contribution in [0.3, 0.4) is 0 Å². The van der Waals surface area contributed by atoms with Crippen molar-refractivity contribution >= 4 is 51.6 Å². The Morgan fingerprint density at radius 1 is 0.971 bits per heavy atom. The molecule has 0 saturated heterocycles. The van der Waals surface area contributed by atoms with Crippen molar-refractivity contribution in [2.24, 2.45) is 0 Å². The average Bonchev–Trinajstić information content (AvgIpc) is 3.51. The van der Waals surface area contributed by atoms with Crippen LogP contribution in [0, 0.1) is 0 Å². The number of carbonyl (C=O) groups is 1. The zero-order chi connectivity index (χ0) is 24.4. The van der Waals surface area contributed by atoms with Gasteiger partial charge in [-0.2, -0.15) is 0 Å². The maximum absolute atomic E-state index is 12.6. The van der Waals surface area contributed by atoms with E-state index in [-0.39, 0.29) is 10.9 Å². The highest BCUT2D eigenvalue weighted by Gasteiger charge is 2.15. The van der Waals surface area contributed by atoms with Gasteiger partial charge in [-0.05, 0) is 66.8 Å². The molecule has 3 aromatic carbocycles. The average molecular weight is 504 g/mol. The molecule has 0 fully saturated rings. The van der Waals surface area contributed by atoms with E-state index in [1.54, 1.807) is 31.4 Å². The van der Waals surface area contributed by atoms with Gasteiger partial charge in [-0.15, -0.1) is 0 Å². The van der Waals surface area contributed by atoms with Crippen LogP contribution in [0.15, 0.2) is 87.7 Å². The van der Waals surface area contributed by atoms with Crippen LogP contribution in [0.1, 0.15) is 10.6 Å². The molecule has 174 valence electrons. The topological polar surface area (TPSA) is 89.5 Å². The Kier molecular flexibility index (Phi) is 6.22. The molecule has 2 aromatic heterocycles. The highest BCUT2D eigenvalue weighted by molar-refractivity contribution is 7.80. The van der Waals surface area contributed by atoms with Crippen molar-refractivity contribution in [2.45, 2.75) is 0 Å². The first-order chi connectivity index (χ1) is 17.0. The lowest BCUT2D eigenvalue weighted by molar-refractivity contribution is 0.0951. The standard InChI is InChI=1S/C26H18ClN3O4S/c1-32-19-8-9-22-20(14-19)29-25(34-22)16-5-3-7-18(13-16)28-26(35)30-24(31)23-11-10-21(33-23)15-4-2-6-17(27)12-15/h2-14H,1H3,(H2,28,30,31,35).